The van der Waals surface area contributed by atoms with E-state index in [4.69, 9.17) is 9.84 Å². The standard InChI is InChI=1S/C8H9BrO2/c1-5-3-6(10)4-7(11-2)8(5)9/h3-4,10H,1-2H3. The number of benzene rings is 1. The maximum atomic E-state index is 9.15. The van der Waals surface area contributed by atoms with Gasteiger partial charge < -0.3 is 9.84 Å². The Labute approximate surface area is 73.9 Å². The van der Waals surface area contributed by atoms with Crippen molar-refractivity contribution in [1.82, 2.24) is 0 Å². The minimum absolute atomic E-state index is 0.225. The van der Waals surface area contributed by atoms with Crippen molar-refractivity contribution in [2.75, 3.05) is 7.11 Å². The molecular weight excluding hydrogens is 208 g/mol. The SMILES string of the molecule is COc1cc(O)cc(C)c1Br. The van der Waals surface area contributed by atoms with Gasteiger partial charge in [0.05, 0.1) is 11.6 Å². The van der Waals surface area contributed by atoms with Gasteiger partial charge in [0.25, 0.3) is 0 Å². The lowest BCUT2D eigenvalue weighted by Crippen LogP contribution is -1.86. The zero-order valence-electron chi connectivity index (χ0n) is 6.39. The monoisotopic (exact) mass is 216 g/mol. The van der Waals surface area contributed by atoms with Crippen LogP contribution in [0.4, 0.5) is 0 Å². The Morgan fingerprint density at radius 3 is 2.64 bits per heavy atom. The molecule has 0 spiro atoms. The second-order valence-electron chi connectivity index (χ2n) is 2.28. The van der Waals surface area contributed by atoms with E-state index in [2.05, 4.69) is 15.9 Å². The topological polar surface area (TPSA) is 29.5 Å². The van der Waals surface area contributed by atoms with E-state index in [0.717, 1.165) is 10.0 Å². The van der Waals surface area contributed by atoms with E-state index < -0.39 is 0 Å². The first-order chi connectivity index (χ1) is 5.15. The van der Waals surface area contributed by atoms with E-state index in [-0.39, 0.29) is 5.75 Å². The Balaban J connectivity index is 3.24. The Bertz CT molecular complexity index is 271. The van der Waals surface area contributed by atoms with Gasteiger partial charge in [-0.3, -0.25) is 0 Å². The summed E-state index contributed by atoms with van der Waals surface area (Å²) in [5.74, 6) is 0.880. The highest BCUT2D eigenvalue weighted by molar-refractivity contribution is 9.10. The van der Waals surface area contributed by atoms with Gasteiger partial charge in [-0.25, -0.2) is 0 Å². The van der Waals surface area contributed by atoms with Crippen LogP contribution in [0.3, 0.4) is 0 Å². The minimum Gasteiger partial charge on any atom is -0.508 e. The first kappa shape index (κ1) is 8.40. The summed E-state index contributed by atoms with van der Waals surface area (Å²) < 4.78 is 5.89. The van der Waals surface area contributed by atoms with E-state index in [0.29, 0.717) is 5.75 Å². The summed E-state index contributed by atoms with van der Waals surface area (Å²) in [6.45, 7) is 1.90. The van der Waals surface area contributed by atoms with Crippen molar-refractivity contribution in [3.63, 3.8) is 0 Å². The van der Waals surface area contributed by atoms with Gasteiger partial charge in [0.2, 0.25) is 0 Å². The van der Waals surface area contributed by atoms with Gasteiger partial charge >= 0.3 is 0 Å². The third-order valence-electron chi connectivity index (χ3n) is 1.43. The number of phenols is 1. The fraction of sp³-hybridized carbons (Fsp3) is 0.250. The van der Waals surface area contributed by atoms with Crippen molar-refractivity contribution in [3.8, 4) is 11.5 Å². The minimum atomic E-state index is 0.225. The number of phenolic OH excluding ortho intramolecular Hbond substituents is 1. The van der Waals surface area contributed by atoms with Crippen LogP contribution in [0, 0.1) is 6.92 Å². The van der Waals surface area contributed by atoms with Gasteiger partial charge in [0.1, 0.15) is 11.5 Å². The third kappa shape index (κ3) is 1.66. The number of halogens is 1. The average Bonchev–Trinajstić information content (AvgIpc) is 1.96. The van der Waals surface area contributed by atoms with Gasteiger partial charge in [-0.2, -0.15) is 0 Å². The molecule has 60 valence electrons. The van der Waals surface area contributed by atoms with Gasteiger partial charge in [-0.1, -0.05) is 0 Å². The van der Waals surface area contributed by atoms with Crippen LogP contribution in [-0.2, 0) is 0 Å². The molecule has 0 radical (unpaired) electrons. The fourth-order valence-corrected chi connectivity index (χ4v) is 1.26. The molecule has 0 saturated carbocycles. The molecule has 2 nitrogen and oxygen atoms in total. The Hall–Kier alpha value is -0.700. The van der Waals surface area contributed by atoms with Crippen LogP contribution in [0.2, 0.25) is 0 Å². The molecule has 0 fully saturated rings. The Kier molecular flexibility index (Phi) is 2.39. The zero-order chi connectivity index (χ0) is 8.43. The number of aromatic hydroxyl groups is 1. The average molecular weight is 217 g/mol. The normalized spacial score (nSPS) is 9.73. The van der Waals surface area contributed by atoms with Crippen molar-refractivity contribution >= 4 is 15.9 Å². The molecule has 0 aromatic heterocycles. The highest BCUT2D eigenvalue weighted by atomic mass is 79.9. The third-order valence-corrected chi connectivity index (χ3v) is 2.44. The van der Waals surface area contributed by atoms with Crippen LogP contribution >= 0.6 is 15.9 Å². The van der Waals surface area contributed by atoms with Crippen LogP contribution in [0.1, 0.15) is 5.56 Å². The highest BCUT2D eigenvalue weighted by Crippen LogP contribution is 2.31. The first-order valence-electron chi connectivity index (χ1n) is 3.18. The smallest absolute Gasteiger partial charge is 0.136 e. The van der Waals surface area contributed by atoms with Crippen molar-refractivity contribution in [2.45, 2.75) is 6.92 Å². The molecule has 1 N–H and O–H groups in total. The molecule has 1 aromatic rings. The molecule has 11 heavy (non-hydrogen) atoms. The molecule has 1 aromatic carbocycles. The molecule has 0 aliphatic heterocycles. The summed E-state index contributed by atoms with van der Waals surface area (Å²) in [7, 11) is 1.57. The van der Waals surface area contributed by atoms with Crippen LogP contribution in [-0.4, -0.2) is 12.2 Å². The number of hydrogen-bond acceptors (Lipinski definition) is 2. The van der Waals surface area contributed by atoms with Crippen LogP contribution in [0.5, 0.6) is 11.5 Å². The molecule has 0 saturated heterocycles. The fourth-order valence-electron chi connectivity index (χ4n) is 0.867. The number of methoxy groups -OCH3 is 1. The lowest BCUT2D eigenvalue weighted by molar-refractivity contribution is 0.404. The van der Waals surface area contributed by atoms with Crippen LogP contribution < -0.4 is 4.74 Å². The molecule has 0 unspecified atom stereocenters. The lowest BCUT2D eigenvalue weighted by Gasteiger charge is -2.05. The van der Waals surface area contributed by atoms with Crippen molar-refractivity contribution in [2.24, 2.45) is 0 Å². The molecule has 3 heteroatoms. The Morgan fingerprint density at radius 2 is 2.09 bits per heavy atom. The molecular formula is C8H9BrO2. The van der Waals surface area contributed by atoms with E-state index >= 15 is 0 Å². The van der Waals surface area contributed by atoms with Crippen molar-refractivity contribution in [3.05, 3.63) is 22.2 Å². The summed E-state index contributed by atoms with van der Waals surface area (Å²) >= 11 is 3.34. The second kappa shape index (κ2) is 3.13. The van der Waals surface area contributed by atoms with Gasteiger partial charge in [-0.15, -0.1) is 0 Å². The lowest BCUT2D eigenvalue weighted by atomic mass is 10.2. The maximum absolute atomic E-state index is 9.15. The molecule has 0 aliphatic rings. The summed E-state index contributed by atoms with van der Waals surface area (Å²) in [5.41, 5.74) is 0.960. The summed E-state index contributed by atoms with van der Waals surface area (Å²) in [4.78, 5) is 0. The van der Waals surface area contributed by atoms with Gasteiger partial charge in [0, 0.05) is 6.07 Å². The predicted molar refractivity (Wildman–Crippen MR) is 47.1 cm³/mol. The largest absolute Gasteiger partial charge is 0.508 e. The van der Waals surface area contributed by atoms with E-state index in [1.165, 1.54) is 0 Å². The number of ether oxygens (including phenoxy) is 1. The van der Waals surface area contributed by atoms with Gasteiger partial charge in [0.15, 0.2) is 0 Å². The molecule has 0 amide bonds. The van der Waals surface area contributed by atoms with E-state index in [1.807, 2.05) is 6.92 Å². The van der Waals surface area contributed by atoms with Crippen molar-refractivity contribution < 1.29 is 9.84 Å². The molecule has 0 aliphatic carbocycles. The van der Waals surface area contributed by atoms with E-state index in [1.54, 1.807) is 19.2 Å². The number of rotatable bonds is 1. The molecule has 1 rings (SSSR count). The number of aryl methyl sites for hydroxylation is 1. The van der Waals surface area contributed by atoms with Crippen LogP contribution in [0.25, 0.3) is 0 Å². The summed E-state index contributed by atoms with van der Waals surface area (Å²) in [5, 5.41) is 9.15. The summed E-state index contributed by atoms with van der Waals surface area (Å²) in [6, 6.07) is 3.24. The van der Waals surface area contributed by atoms with Crippen molar-refractivity contribution in [1.29, 1.82) is 0 Å². The van der Waals surface area contributed by atoms with E-state index in [9.17, 15) is 0 Å². The molecule has 0 bridgehead atoms. The first-order valence-corrected chi connectivity index (χ1v) is 3.97. The highest BCUT2D eigenvalue weighted by Gasteiger charge is 2.04. The van der Waals surface area contributed by atoms with Gasteiger partial charge in [-0.05, 0) is 34.5 Å². The predicted octanol–water partition coefficient (Wildman–Crippen LogP) is 2.47. The molecule has 0 heterocycles. The molecule has 0 atom stereocenters. The summed E-state index contributed by atoms with van der Waals surface area (Å²) in [6.07, 6.45) is 0. The number of hydrogen-bond donors (Lipinski definition) is 1. The van der Waals surface area contributed by atoms with Crippen LogP contribution in [0.15, 0.2) is 16.6 Å². The zero-order valence-corrected chi connectivity index (χ0v) is 7.97. The second-order valence-corrected chi connectivity index (χ2v) is 3.07. The maximum Gasteiger partial charge on any atom is 0.136 e. The quantitative estimate of drug-likeness (QED) is 0.782. The Morgan fingerprint density at radius 1 is 1.45 bits per heavy atom.